The second-order valence-corrected chi connectivity index (χ2v) is 12.0. The van der Waals surface area contributed by atoms with Crippen molar-refractivity contribution in [3.05, 3.63) is 98.5 Å². The van der Waals surface area contributed by atoms with E-state index < -0.39 is 5.60 Å². The number of halogens is 3. The molecule has 39 heavy (non-hydrogen) atoms. The molecular formula is C33H36Cl2FNO2. The summed E-state index contributed by atoms with van der Waals surface area (Å²) in [5.41, 5.74) is 6.83. The summed E-state index contributed by atoms with van der Waals surface area (Å²) in [5.74, 6) is 0.842. The second kappa shape index (κ2) is 12.0. The zero-order chi connectivity index (χ0) is 27.6. The minimum absolute atomic E-state index is 0.122. The van der Waals surface area contributed by atoms with Crippen molar-refractivity contribution in [3.8, 4) is 5.75 Å². The molecule has 1 heterocycles. The molecule has 1 aliphatic heterocycles. The van der Waals surface area contributed by atoms with Gasteiger partial charge in [-0.25, -0.2) is 0 Å². The van der Waals surface area contributed by atoms with Crippen LogP contribution in [0.5, 0.6) is 5.75 Å². The van der Waals surface area contributed by atoms with Crippen molar-refractivity contribution in [3.63, 3.8) is 0 Å². The molecule has 3 aromatic rings. The summed E-state index contributed by atoms with van der Waals surface area (Å²) >= 11 is 13.0. The summed E-state index contributed by atoms with van der Waals surface area (Å²) in [6, 6.07) is 20.4. The maximum Gasteiger partial charge on any atom is 0.119 e. The van der Waals surface area contributed by atoms with E-state index in [0.29, 0.717) is 16.5 Å². The zero-order valence-corrected chi connectivity index (χ0v) is 24.2. The van der Waals surface area contributed by atoms with Crippen LogP contribution < -0.4 is 4.74 Å². The molecule has 0 radical (unpaired) electrons. The van der Waals surface area contributed by atoms with Crippen molar-refractivity contribution in [2.24, 2.45) is 0 Å². The van der Waals surface area contributed by atoms with E-state index in [4.69, 9.17) is 27.9 Å². The fourth-order valence-corrected chi connectivity index (χ4v) is 6.30. The fraction of sp³-hybridized carbons (Fsp3) is 0.394. The average molecular weight is 569 g/mol. The van der Waals surface area contributed by atoms with Crippen LogP contribution in [0, 0.1) is 0 Å². The lowest BCUT2D eigenvalue weighted by molar-refractivity contribution is 0.0785. The lowest BCUT2D eigenvalue weighted by Gasteiger charge is -2.22. The third-order valence-electron chi connectivity index (χ3n) is 7.79. The fourth-order valence-electron chi connectivity index (χ4n) is 5.77. The van der Waals surface area contributed by atoms with Gasteiger partial charge in [-0.1, -0.05) is 59.6 Å². The number of nitrogens with zero attached hydrogens (tertiary/aromatic N) is 1. The van der Waals surface area contributed by atoms with Gasteiger partial charge in [0.05, 0.1) is 12.3 Å². The number of fused-ring (bicyclic) bond motifs is 1. The van der Waals surface area contributed by atoms with Gasteiger partial charge in [-0.05, 0) is 109 Å². The van der Waals surface area contributed by atoms with Crippen LogP contribution in [0.1, 0.15) is 67.3 Å². The predicted octanol–water partition coefficient (Wildman–Crippen LogP) is 8.33. The number of alkyl halides is 1. The topological polar surface area (TPSA) is 32.7 Å². The van der Waals surface area contributed by atoms with Crippen molar-refractivity contribution in [1.82, 2.24) is 4.90 Å². The summed E-state index contributed by atoms with van der Waals surface area (Å²) < 4.78 is 18.9. The van der Waals surface area contributed by atoms with Crippen molar-refractivity contribution in [2.75, 3.05) is 26.3 Å². The van der Waals surface area contributed by atoms with Crippen molar-refractivity contribution >= 4 is 34.3 Å². The van der Waals surface area contributed by atoms with Gasteiger partial charge in [-0.2, -0.15) is 0 Å². The SMILES string of the molecule is CC(C)(O)c1ccc2c(c1)CCCC(c1ccc(Cl)cc1Cl)=C2c1ccc(O[C@H]2CCN(CCCF)C2)cc1. The second-order valence-electron chi connectivity index (χ2n) is 11.2. The Kier molecular flexibility index (Phi) is 8.68. The Morgan fingerprint density at radius 2 is 1.77 bits per heavy atom. The molecule has 1 fully saturated rings. The van der Waals surface area contributed by atoms with E-state index in [2.05, 4.69) is 29.2 Å². The zero-order valence-electron chi connectivity index (χ0n) is 22.7. The molecule has 3 aromatic carbocycles. The third kappa shape index (κ3) is 6.52. The maximum absolute atomic E-state index is 12.6. The monoisotopic (exact) mass is 567 g/mol. The molecular weight excluding hydrogens is 532 g/mol. The van der Waals surface area contributed by atoms with Gasteiger partial charge in [-0.15, -0.1) is 0 Å². The molecule has 2 aliphatic rings. The molecule has 1 N–H and O–H groups in total. The molecule has 206 valence electrons. The van der Waals surface area contributed by atoms with Gasteiger partial charge in [0.15, 0.2) is 0 Å². The molecule has 5 rings (SSSR count). The molecule has 0 aromatic heterocycles. The highest BCUT2D eigenvalue weighted by atomic mass is 35.5. The van der Waals surface area contributed by atoms with Crippen LogP contribution in [-0.4, -0.2) is 42.4 Å². The molecule has 0 amide bonds. The van der Waals surface area contributed by atoms with E-state index in [-0.39, 0.29) is 12.8 Å². The molecule has 6 heteroatoms. The lowest BCUT2D eigenvalue weighted by atomic mass is 9.86. The van der Waals surface area contributed by atoms with Gasteiger partial charge in [0.2, 0.25) is 0 Å². The number of benzene rings is 3. The normalized spacial score (nSPS) is 18.3. The number of aliphatic hydroxyl groups is 1. The van der Waals surface area contributed by atoms with Crippen LogP contribution >= 0.6 is 23.2 Å². The van der Waals surface area contributed by atoms with Crippen LogP contribution in [0.15, 0.2) is 60.7 Å². The Morgan fingerprint density at radius 3 is 2.49 bits per heavy atom. The van der Waals surface area contributed by atoms with Crippen molar-refractivity contribution in [2.45, 2.75) is 57.7 Å². The van der Waals surface area contributed by atoms with Crippen LogP contribution in [0.2, 0.25) is 10.0 Å². The third-order valence-corrected chi connectivity index (χ3v) is 8.34. The molecule has 0 spiro atoms. The van der Waals surface area contributed by atoms with E-state index in [1.807, 2.05) is 50.2 Å². The van der Waals surface area contributed by atoms with Gasteiger partial charge < -0.3 is 9.84 Å². The first-order valence-corrected chi connectivity index (χ1v) is 14.6. The Morgan fingerprint density at radius 1 is 1.00 bits per heavy atom. The molecule has 1 saturated heterocycles. The predicted molar refractivity (Wildman–Crippen MR) is 160 cm³/mol. The molecule has 0 bridgehead atoms. The Bertz CT molecular complexity index is 1350. The minimum atomic E-state index is -0.909. The number of ether oxygens (including phenoxy) is 1. The first kappa shape index (κ1) is 28.2. The number of hydrogen-bond acceptors (Lipinski definition) is 3. The quantitative estimate of drug-likeness (QED) is 0.297. The highest BCUT2D eigenvalue weighted by Gasteiger charge is 2.26. The van der Waals surface area contributed by atoms with E-state index in [1.165, 1.54) is 11.1 Å². The van der Waals surface area contributed by atoms with E-state index >= 15 is 0 Å². The smallest absolute Gasteiger partial charge is 0.119 e. The summed E-state index contributed by atoms with van der Waals surface area (Å²) in [6.45, 7) is 5.95. The van der Waals surface area contributed by atoms with Gasteiger partial charge >= 0.3 is 0 Å². The molecule has 1 aliphatic carbocycles. The van der Waals surface area contributed by atoms with Crippen LogP contribution in [0.3, 0.4) is 0 Å². The maximum atomic E-state index is 12.6. The van der Waals surface area contributed by atoms with Gasteiger partial charge in [0.25, 0.3) is 0 Å². The number of hydrogen-bond donors (Lipinski definition) is 1. The van der Waals surface area contributed by atoms with E-state index in [9.17, 15) is 9.50 Å². The molecule has 3 nitrogen and oxygen atoms in total. The highest BCUT2D eigenvalue weighted by Crippen LogP contribution is 2.43. The van der Waals surface area contributed by atoms with E-state index in [1.54, 1.807) is 0 Å². The number of allylic oxidation sites excluding steroid dienone is 1. The Balaban J connectivity index is 1.52. The number of likely N-dealkylation sites (tertiary alicyclic amines) is 1. The summed E-state index contributed by atoms with van der Waals surface area (Å²) in [4.78, 5) is 2.27. The Labute approximate surface area is 241 Å². The summed E-state index contributed by atoms with van der Waals surface area (Å²) in [7, 11) is 0. The van der Waals surface area contributed by atoms with Crippen molar-refractivity contribution in [1.29, 1.82) is 0 Å². The Hall–Kier alpha value is -2.37. The van der Waals surface area contributed by atoms with E-state index in [0.717, 1.165) is 78.9 Å². The average Bonchev–Trinajstić information content (AvgIpc) is 3.26. The number of rotatable bonds is 8. The first-order valence-electron chi connectivity index (χ1n) is 13.8. The van der Waals surface area contributed by atoms with Crippen LogP contribution in [0.25, 0.3) is 11.1 Å². The first-order chi connectivity index (χ1) is 18.7. The highest BCUT2D eigenvalue weighted by molar-refractivity contribution is 6.36. The van der Waals surface area contributed by atoms with Gasteiger partial charge in [0, 0.05) is 29.7 Å². The summed E-state index contributed by atoms with van der Waals surface area (Å²) in [6.07, 6.45) is 4.42. The van der Waals surface area contributed by atoms with Gasteiger partial charge in [0.1, 0.15) is 11.9 Å². The minimum Gasteiger partial charge on any atom is -0.489 e. The summed E-state index contributed by atoms with van der Waals surface area (Å²) in [5, 5.41) is 11.9. The largest absolute Gasteiger partial charge is 0.489 e. The number of aryl methyl sites for hydroxylation is 1. The molecule has 0 saturated carbocycles. The van der Waals surface area contributed by atoms with Crippen LogP contribution in [-0.2, 0) is 12.0 Å². The van der Waals surface area contributed by atoms with Gasteiger partial charge in [-0.3, -0.25) is 9.29 Å². The standard InChI is InChI=1S/C33H36Cl2FNO2/c1-33(2,38)24-9-13-28-23(19-24)5-3-6-30(29-14-10-25(34)20-31(29)35)32(28)22-7-11-26(12-8-22)39-27-15-18-37(21-27)17-4-16-36/h7-14,19-20,27,38H,3-6,15-18,21H2,1-2H3/t27-/m0/s1. The van der Waals surface area contributed by atoms with Crippen LogP contribution in [0.4, 0.5) is 4.39 Å². The molecule has 1 atom stereocenters. The van der Waals surface area contributed by atoms with Crippen molar-refractivity contribution < 1.29 is 14.2 Å². The molecule has 0 unspecified atom stereocenters. The lowest BCUT2D eigenvalue weighted by Crippen LogP contribution is -2.26.